The first-order valence-electron chi connectivity index (χ1n) is 4.67. The van der Waals surface area contributed by atoms with Crippen molar-refractivity contribution in [1.82, 2.24) is 4.98 Å². The predicted octanol–water partition coefficient (Wildman–Crippen LogP) is 2.69. The summed E-state index contributed by atoms with van der Waals surface area (Å²) in [7, 11) is 0. The standard InChI is InChI=1S/C12H9N3S/c13-8-9-7-10(14)1-2-12(9)16-11-3-5-15-6-4-11/h1-7H,14H2. The highest BCUT2D eigenvalue weighted by Gasteiger charge is 2.04. The summed E-state index contributed by atoms with van der Waals surface area (Å²) < 4.78 is 0. The molecule has 0 aliphatic rings. The first-order valence-corrected chi connectivity index (χ1v) is 5.49. The van der Waals surface area contributed by atoms with Crippen molar-refractivity contribution in [3.05, 3.63) is 48.3 Å². The van der Waals surface area contributed by atoms with Crippen LogP contribution in [0.15, 0.2) is 52.5 Å². The largest absolute Gasteiger partial charge is 0.399 e. The molecule has 0 amide bonds. The van der Waals surface area contributed by atoms with E-state index < -0.39 is 0 Å². The normalized spacial score (nSPS) is 9.69. The zero-order chi connectivity index (χ0) is 11.4. The van der Waals surface area contributed by atoms with Crippen molar-refractivity contribution in [1.29, 1.82) is 5.26 Å². The highest BCUT2D eigenvalue weighted by Crippen LogP contribution is 2.30. The third-order valence-corrected chi connectivity index (χ3v) is 3.09. The van der Waals surface area contributed by atoms with E-state index in [1.165, 1.54) is 11.8 Å². The second-order valence-electron chi connectivity index (χ2n) is 3.15. The molecule has 0 aliphatic heterocycles. The van der Waals surface area contributed by atoms with Crippen LogP contribution in [-0.2, 0) is 0 Å². The summed E-state index contributed by atoms with van der Waals surface area (Å²) >= 11 is 1.53. The fraction of sp³-hybridized carbons (Fsp3) is 0. The second kappa shape index (κ2) is 4.69. The molecule has 1 aromatic heterocycles. The number of pyridine rings is 1. The van der Waals surface area contributed by atoms with Gasteiger partial charge in [-0.2, -0.15) is 5.26 Å². The summed E-state index contributed by atoms with van der Waals surface area (Å²) in [6.45, 7) is 0. The van der Waals surface area contributed by atoms with Crippen molar-refractivity contribution in [3.8, 4) is 6.07 Å². The lowest BCUT2D eigenvalue weighted by Crippen LogP contribution is -1.88. The topological polar surface area (TPSA) is 62.7 Å². The summed E-state index contributed by atoms with van der Waals surface area (Å²) in [4.78, 5) is 5.90. The lowest BCUT2D eigenvalue weighted by Gasteiger charge is -2.04. The molecule has 0 spiro atoms. The van der Waals surface area contributed by atoms with Crippen molar-refractivity contribution in [2.45, 2.75) is 9.79 Å². The summed E-state index contributed by atoms with van der Waals surface area (Å²) in [6.07, 6.45) is 3.46. The maximum atomic E-state index is 8.99. The van der Waals surface area contributed by atoms with E-state index in [1.807, 2.05) is 18.2 Å². The van der Waals surface area contributed by atoms with Gasteiger partial charge in [0, 0.05) is 27.9 Å². The Bertz CT molecular complexity index is 532. The summed E-state index contributed by atoms with van der Waals surface area (Å²) in [5.41, 5.74) is 6.83. The van der Waals surface area contributed by atoms with E-state index in [-0.39, 0.29) is 0 Å². The monoisotopic (exact) mass is 227 g/mol. The van der Waals surface area contributed by atoms with Gasteiger partial charge in [0.1, 0.15) is 6.07 Å². The first kappa shape index (κ1) is 10.5. The number of nitrogen functional groups attached to an aromatic ring is 1. The number of hydrogen-bond acceptors (Lipinski definition) is 4. The number of benzene rings is 1. The van der Waals surface area contributed by atoms with Gasteiger partial charge >= 0.3 is 0 Å². The maximum absolute atomic E-state index is 8.99. The molecule has 0 atom stereocenters. The first-order chi connectivity index (χ1) is 7.79. The van der Waals surface area contributed by atoms with Crippen LogP contribution < -0.4 is 5.73 Å². The van der Waals surface area contributed by atoms with Crippen molar-refractivity contribution in [3.63, 3.8) is 0 Å². The molecular weight excluding hydrogens is 218 g/mol. The molecule has 1 heterocycles. The van der Waals surface area contributed by atoms with E-state index in [0.717, 1.165) is 9.79 Å². The molecule has 4 heteroatoms. The molecule has 0 saturated carbocycles. The number of aromatic nitrogens is 1. The molecule has 2 aromatic rings. The Morgan fingerprint density at radius 3 is 2.62 bits per heavy atom. The van der Waals surface area contributed by atoms with Gasteiger partial charge in [-0.25, -0.2) is 0 Å². The van der Waals surface area contributed by atoms with Gasteiger partial charge in [0.25, 0.3) is 0 Å². The smallest absolute Gasteiger partial charge is 0.100 e. The van der Waals surface area contributed by atoms with Crippen molar-refractivity contribution in [2.75, 3.05) is 5.73 Å². The Labute approximate surface area is 97.9 Å². The van der Waals surface area contributed by atoms with Crippen molar-refractivity contribution in [2.24, 2.45) is 0 Å². The van der Waals surface area contributed by atoms with Gasteiger partial charge < -0.3 is 5.73 Å². The van der Waals surface area contributed by atoms with E-state index >= 15 is 0 Å². The van der Waals surface area contributed by atoms with E-state index in [2.05, 4.69) is 11.1 Å². The van der Waals surface area contributed by atoms with Crippen molar-refractivity contribution >= 4 is 17.4 Å². The van der Waals surface area contributed by atoms with Crippen LogP contribution in [0.3, 0.4) is 0 Å². The second-order valence-corrected chi connectivity index (χ2v) is 4.27. The number of nitrogens with two attached hydrogens (primary N) is 1. The Hall–Kier alpha value is -1.99. The van der Waals surface area contributed by atoms with Crippen LogP contribution in [0, 0.1) is 11.3 Å². The van der Waals surface area contributed by atoms with Crippen molar-refractivity contribution < 1.29 is 0 Å². The molecule has 2 N–H and O–H groups in total. The predicted molar refractivity (Wildman–Crippen MR) is 63.9 cm³/mol. The van der Waals surface area contributed by atoms with Crippen LogP contribution in [0.1, 0.15) is 5.56 Å². The van der Waals surface area contributed by atoms with E-state index in [1.54, 1.807) is 24.5 Å². The molecule has 0 fully saturated rings. The lowest BCUT2D eigenvalue weighted by molar-refractivity contribution is 1.26. The molecule has 78 valence electrons. The quantitative estimate of drug-likeness (QED) is 0.801. The Kier molecular flexibility index (Phi) is 3.08. The summed E-state index contributed by atoms with van der Waals surface area (Å²) in [5, 5.41) is 8.99. The fourth-order valence-corrected chi connectivity index (χ4v) is 2.12. The molecule has 0 bridgehead atoms. The van der Waals surface area contributed by atoms with Gasteiger partial charge in [0.15, 0.2) is 0 Å². The van der Waals surface area contributed by atoms with Gasteiger partial charge in [-0.1, -0.05) is 11.8 Å². The number of anilines is 1. The minimum Gasteiger partial charge on any atom is -0.399 e. The minimum absolute atomic E-state index is 0.599. The van der Waals surface area contributed by atoms with Crippen LogP contribution in [0.5, 0.6) is 0 Å². The number of nitrogens with zero attached hydrogens (tertiary/aromatic N) is 2. The Morgan fingerprint density at radius 1 is 1.19 bits per heavy atom. The zero-order valence-electron chi connectivity index (χ0n) is 8.42. The molecule has 0 saturated heterocycles. The van der Waals surface area contributed by atoms with Gasteiger partial charge in [-0.05, 0) is 30.3 Å². The average Bonchev–Trinajstić information content (AvgIpc) is 2.33. The third-order valence-electron chi connectivity index (χ3n) is 2.00. The molecule has 2 rings (SSSR count). The molecule has 0 radical (unpaired) electrons. The van der Waals surface area contributed by atoms with Gasteiger partial charge in [0.2, 0.25) is 0 Å². The molecular formula is C12H9N3S. The maximum Gasteiger partial charge on any atom is 0.100 e. The highest BCUT2D eigenvalue weighted by atomic mass is 32.2. The fourth-order valence-electron chi connectivity index (χ4n) is 1.26. The van der Waals surface area contributed by atoms with Crippen LogP contribution in [0.2, 0.25) is 0 Å². The SMILES string of the molecule is N#Cc1cc(N)ccc1Sc1ccncc1. The average molecular weight is 227 g/mol. The Balaban J connectivity index is 2.32. The van der Waals surface area contributed by atoms with Gasteiger partial charge in [-0.3, -0.25) is 4.98 Å². The van der Waals surface area contributed by atoms with Crippen LogP contribution in [-0.4, -0.2) is 4.98 Å². The van der Waals surface area contributed by atoms with Crippen LogP contribution in [0.25, 0.3) is 0 Å². The molecule has 0 unspecified atom stereocenters. The molecule has 3 nitrogen and oxygen atoms in total. The van der Waals surface area contributed by atoms with E-state index in [0.29, 0.717) is 11.3 Å². The zero-order valence-corrected chi connectivity index (χ0v) is 9.24. The van der Waals surface area contributed by atoms with E-state index in [4.69, 9.17) is 11.0 Å². The van der Waals surface area contributed by atoms with Gasteiger partial charge in [0.05, 0.1) is 5.56 Å². The lowest BCUT2D eigenvalue weighted by atomic mass is 10.2. The highest BCUT2D eigenvalue weighted by molar-refractivity contribution is 7.99. The van der Waals surface area contributed by atoms with Crippen LogP contribution in [0.4, 0.5) is 5.69 Å². The molecule has 1 aromatic carbocycles. The Morgan fingerprint density at radius 2 is 1.94 bits per heavy atom. The third kappa shape index (κ3) is 2.33. The number of nitriles is 1. The molecule has 0 aliphatic carbocycles. The summed E-state index contributed by atoms with van der Waals surface area (Å²) in [6, 6.07) is 11.3. The number of rotatable bonds is 2. The van der Waals surface area contributed by atoms with E-state index in [9.17, 15) is 0 Å². The minimum atomic E-state index is 0.599. The number of hydrogen-bond donors (Lipinski definition) is 1. The molecule has 16 heavy (non-hydrogen) atoms. The van der Waals surface area contributed by atoms with Gasteiger partial charge in [-0.15, -0.1) is 0 Å². The van der Waals surface area contributed by atoms with Crippen LogP contribution >= 0.6 is 11.8 Å². The summed E-state index contributed by atoms with van der Waals surface area (Å²) in [5.74, 6) is 0.